The number of hydroxylamine groups is 1. The molecule has 2 N–H and O–H groups in total. The minimum atomic E-state index is -0.278. The van der Waals surface area contributed by atoms with Crippen molar-refractivity contribution in [2.45, 2.75) is 19.8 Å². The zero-order chi connectivity index (χ0) is 12.5. The van der Waals surface area contributed by atoms with E-state index in [1.54, 1.807) is 19.1 Å². The molecule has 17 heavy (non-hydrogen) atoms. The first-order valence-electron chi connectivity index (χ1n) is 5.46. The Morgan fingerprint density at radius 3 is 2.94 bits per heavy atom. The van der Waals surface area contributed by atoms with Gasteiger partial charge in [-0.3, -0.25) is 14.4 Å². The molecule has 6 nitrogen and oxygen atoms in total. The standard InChI is InChI=1S/C11H16N2O4/c1-2-17-13-10(14)6-3-7-12-11(15)9-5-4-8-16-9/h4-5,8H,2-3,6-7H2,1H3,(H,12,15)(H,13,14). The molecule has 0 aromatic carbocycles. The molecule has 1 aromatic rings. The van der Waals surface area contributed by atoms with Crippen molar-refractivity contribution in [1.29, 1.82) is 0 Å². The smallest absolute Gasteiger partial charge is 0.286 e. The third-order valence-corrected chi connectivity index (χ3v) is 1.94. The van der Waals surface area contributed by atoms with Gasteiger partial charge in [-0.15, -0.1) is 0 Å². The molecule has 94 valence electrons. The van der Waals surface area contributed by atoms with Gasteiger partial charge in [-0.2, -0.15) is 0 Å². The molecule has 0 aliphatic heterocycles. The normalized spacial score (nSPS) is 9.94. The first-order chi connectivity index (χ1) is 8.24. The van der Waals surface area contributed by atoms with Gasteiger partial charge in [0, 0.05) is 13.0 Å². The molecular weight excluding hydrogens is 224 g/mol. The molecule has 1 rings (SSSR count). The molecule has 0 unspecified atom stereocenters. The molecule has 1 aromatic heterocycles. The van der Waals surface area contributed by atoms with E-state index in [9.17, 15) is 9.59 Å². The maximum Gasteiger partial charge on any atom is 0.286 e. The summed E-state index contributed by atoms with van der Waals surface area (Å²) in [6.45, 7) is 2.63. The van der Waals surface area contributed by atoms with Crippen molar-refractivity contribution in [2.24, 2.45) is 0 Å². The number of amides is 2. The summed E-state index contributed by atoms with van der Waals surface area (Å²) in [6, 6.07) is 3.22. The molecule has 0 aliphatic rings. The number of furan rings is 1. The summed E-state index contributed by atoms with van der Waals surface area (Å²) in [7, 11) is 0. The highest BCUT2D eigenvalue weighted by atomic mass is 16.6. The topological polar surface area (TPSA) is 80.6 Å². The van der Waals surface area contributed by atoms with Crippen LogP contribution < -0.4 is 10.8 Å². The monoisotopic (exact) mass is 240 g/mol. The highest BCUT2D eigenvalue weighted by molar-refractivity contribution is 5.91. The molecule has 0 atom stereocenters. The number of carbonyl (C=O) groups excluding carboxylic acids is 2. The van der Waals surface area contributed by atoms with Crippen molar-refractivity contribution < 1.29 is 18.8 Å². The third kappa shape index (κ3) is 5.17. The van der Waals surface area contributed by atoms with E-state index in [1.165, 1.54) is 6.26 Å². The summed E-state index contributed by atoms with van der Waals surface area (Å²) >= 11 is 0. The quantitative estimate of drug-likeness (QED) is 0.547. The lowest BCUT2D eigenvalue weighted by Gasteiger charge is -2.04. The number of carbonyl (C=O) groups is 2. The average molecular weight is 240 g/mol. The van der Waals surface area contributed by atoms with Crippen molar-refractivity contribution in [3.8, 4) is 0 Å². The molecule has 0 aliphatic carbocycles. The van der Waals surface area contributed by atoms with Crippen molar-refractivity contribution in [1.82, 2.24) is 10.8 Å². The molecular formula is C11H16N2O4. The fraction of sp³-hybridized carbons (Fsp3) is 0.455. The van der Waals surface area contributed by atoms with E-state index in [2.05, 4.69) is 10.8 Å². The van der Waals surface area contributed by atoms with Crippen LogP contribution in [0.25, 0.3) is 0 Å². The van der Waals surface area contributed by atoms with E-state index < -0.39 is 0 Å². The van der Waals surface area contributed by atoms with E-state index in [1.807, 2.05) is 0 Å². The minimum absolute atomic E-state index is 0.195. The number of nitrogens with one attached hydrogen (secondary N) is 2. The molecule has 0 saturated carbocycles. The fourth-order valence-corrected chi connectivity index (χ4v) is 1.15. The second kappa shape index (κ2) is 7.45. The number of rotatable bonds is 7. The van der Waals surface area contributed by atoms with E-state index in [0.717, 1.165) is 0 Å². The molecule has 0 saturated heterocycles. The van der Waals surface area contributed by atoms with E-state index >= 15 is 0 Å². The summed E-state index contributed by atoms with van der Waals surface area (Å²) < 4.78 is 4.92. The van der Waals surface area contributed by atoms with Gasteiger partial charge in [0.05, 0.1) is 12.9 Å². The van der Waals surface area contributed by atoms with E-state index in [-0.39, 0.29) is 17.6 Å². The first kappa shape index (κ1) is 13.2. The van der Waals surface area contributed by atoms with Crippen LogP contribution in [0.15, 0.2) is 22.8 Å². The van der Waals surface area contributed by atoms with Gasteiger partial charge in [-0.1, -0.05) is 0 Å². The van der Waals surface area contributed by atoms with Gasteiger partial charge in [0.15, 0.2) is 5.76 Å². The van der Waals surface area contributed by atoms with Crippen LogP contribution in [-0.2, 0) is 9.63 Å². The van der Waals surface area contributed by atoms with E-state index in [4.69, 9.17) is 9.25 Å². The van der Waals surface area contributed by atoms with Gasteiger partial charge in [-0.25, -0.2) is 5.48 Å². The Morgan fingerprint density at radius 1 is 1.47 bits per heavy atom. The average Bonchev–Trinajstić information content (AvgIpc) is 2.85. The molecule has 0 radical (unpaired) electrons. The van der Waals surface area contributed by atoms with Crippen molar-refractivity contribution >= 4 is 11.8 Å². The highest BCUT2D eigenvalue weighted by Gasteiger charge is 2.07. The second-order valence-corrected chi connectivity index (χ2v) is 3.30. The van der Waals surface area contributed by atoms with Gasteiger partial charge in [0.1, 0.15) is 0 Å². The third-order valence-electron chi connectivity index (χ3n) is 1.94. The van der Waals surface area contributed by atoms with Crippen LogP contribution >= 0.6 is 0 Å². The lowest BCUT2D eigenvalue weighted by molar-refractivity contribution is -0.133. The predicted molar refractivity (Wildman–Crippen MR) is 60.0 cm³/mol. The maximum atomic E-state index is 11.4. The van der Waals surface area contributed by atoms with Crippen LogP contribution in [-0.4, -0.2) is 25.0 Å². The fourth-order valence-electron chi connectivity index (χ4n) is 1.15. The Balaban J connectivity index is 2.08. The van der Waals surface area contributed by atoms with Gasteiger partial charge in [0.2, 0.25) is 5.91 Å². The zero-order valence-corrected chi connectivity index (χ0v) is 9.69. The Kier molecular flexibility index (Phi) is 5.81. The SMILES string of the molecule is CCONC(=O)CCCNC(=O)c1ccco1. The Labute approximate surface area is 99.3 Å². The largest absolute Gasteiger partial charge is 0.459 e. The van der Waals surface area contributed by atoms with Gasteiger partial charge in [-0.05, 0) is 25.5 Å². The molecule has 0 spiro atoms. The zero-order valence-electron chi connectivity index (χ0n) is 9.69. The van der Waals surface area contributed by atoms with Crippen LogP contribution in [0.5, 0.6) is 0 Å². The molecule has 6 heteroatoms. The number of hydrogen-bond donors (Lipinski definition) is 2. The van der Waals surface area contributed by atoms with Crippen molar-refractivity contribution in [3.05, 3.63) is 24.2 Å². The van der Waals surface area contributed by atoms with Crippen LogP contribution in [0.4, 0.5) is 0 Å². The molecule has 1 heterocycles. The van der Waals surface area contributed by atoms with Crippen LogP contribution in [0.1, 0.15) is 30.3 Å². The summed E-state index contributed by atoms with van der Waals surface area (Å²) in [5.74, 6) is -0.205. The lowest BCUT2D eigenvalue weighted by atomic mass is 10.3. The van der Waals surface area contributed by atoms with Gasteiger partial charge < -0.3 is 9.73 Å². The van der Waals surface area contributed by atoms with Crippen LogP contribution in [0.2, 0.25) is 0 Å². The highest BCUT2D eigenvalue weighted by Crippen LogP contribution is 1.99. The van der Waals surface area contributed by atoms with E-state index in [0.29, 0.717) is 26.0 Å². The molecule has 0 bridgehead atoms. The Morgan fingerprint density at radius 2 is 2.29 bits per heavy atom. The Bertz CT molecular complexity index is 348. The van der Waals surface area contributed by atoms with Gasteiger partial charge in [0.25, 0.3) is 5.91 Å². The minimum Gasteiger partial charge on any atom is -0.459 e. The Hall–Kier alpha value is -1.82. The second-order valence-electron chi connectivity index (χ2n) is 3.30. The van der Waals surface area contributed by atoms with Gasteiger partial charge >= 0.3 is 0 Å². The maximum absolute atomic E-state index is 11.4. The van der Waals surface area contributed by atoms with Crippen molar-refractivity contribution in [3.63, 3.8) is 0 Å². The summed E-state index contributed by atoms with van der Waals surface area (Å²) in [4.78, 5) is 27.2. The summed E-state index contributed by atoms with van der Waals surface area (Å²) in [6.07, 6.45) is 2.29. The predicted octanol–water partition coefficient (Wildman–Crippen LogP) is 0.857. The molecule has 2 amide bonds. The molecule has 0 fully saturated rings. The first-order valence-corrected chi connectivity index (χ1v) is 5.46. The number of hydrogen-bond acceptors (Lipinski definition) is 4. The van der Waals surface area contributed by atoms with Crippen LogP contribution in [0, 0.1) is 0 Å². The van der Waals surface area contributed by atoms with Crippen LogP contribution in [0.3, 0.4) is 0 Å². The summed E-state index contributed by atoms with van der Waals surface area (Å²) in [5.41, 5.74) is 2.28. The lowest BCUT2D eigenvalue weighted by Crippen LogP contribution is -2.27. The van der Waals surface area contributed by atoms with Crippen molar-refractivity contribution in [2.75, 3.05) is 13.2 Å². The summed E-state index contributed by atoms with van der Waals surface area (Å²) in [5, 5.41) is 2.64.